The number of phenolic OH excluding ortho intramolecular Hbond substituents is 1. The Morgan fingerprint density at radius 2 is 1.92 bits per heavy atom. The molecular formula is C17H18Cl2N4O2. The molecule has 1 aliphatic rings. The lowest BCUT2D eigenvalue weighted by Crippen LogP contribution is -2.47. The summed E-state index contributed by atoms with van der Waals surface area (Å²) < 4.78 is 0.928. The number of hydroxylamine groups is 1. The normalized spacial score (nSPS) is 20.4. The van der Waals surface area contributed by atoms with E-state index >= 15 is 0 Å². The van der Waals surface area contributed by atoms with E-state index in [4.69, 9.17) is 28.2 Å². The maximum atomic E-state index is 9.95. The van der Waals surface area contributed by atoms with Crippen LogP contribution < -0.4 is 4.84 Å². The number of hydrogen-bond acceptors (Lipinski definition) is 6. The van der Waals surface area contributed by atoms with E-state index < -0.39 is 5.12 Å². The van der Waals surface area contributed by atoms with Crippen molar-refractivity contribution in [3.8, 4) is 11.5 Å². The van der Waals surface area contributed by atoms with E-state index in [0.29, 0.717) is 12.2 Å². The highest BCUT2D eigenvalue weighted by molar-refractivity contribution is 6.24. The van der Waals surface area contributed by atoms with Crippen LogP contribution in [0.4, 0.5) is 0 Å². The SMILES string of the molecule is CC(C)c1cc(ON2N(Cl)N=NC2(Cl)Cc2ccccc2)ccc1O. The Morgan fingerprint density at radius 1 is 1.20 bits per heavy atom. The van der Waals surface area contributed by atoms with Crippen LogP contribution in [-0.4, -0.2) is 20.0 Å². The summed E-state index contributed by atoms with van der Waals surface area (Å²) in [6.45, 7) is 3.96. The molecule has 0 amide bonds. The molecule has 0 saturated heterocycles. The molecule has 1 atom stereocenters. The van der Waals surface area contributed by atoms with Gasteiger partial charge in [0.2, 0.25) is 0 Å². The molecule has 0 fully saturated rings. The molecule has 0 saturated carbocycles. The smallest absolute Gasteiger partial charge is 0.269 e. The monoisotopic (exact) mass is 380 g/mol. The Labute approximate surface area is 156 Å². The van der Waals surface area contributed by atoms with E-state index in [0.717, 1.165) is 15.8 Å². The van der Waals surface area contributed by atoms with E-state index in [-0.39, 0.29) is 11.7 Å². The predicted molar refractivity (Wildman–Crippen MR) is 95.9 cm³/mol. The molecule has 0 radical (unpaired) electrons. The van der Waals surface area contributed by atoms with Gasteiger partial charge in [-0.1, -0.05) is 60.4 Å². The molecule has 1 heterocycles. The van der Waals surface area contributed by atoms with Gasteiger partial charge in [-0.15, -0.1) is 5.11 Å². The van der Waals surface area contributed by atoms with Crippen molar-refractivity contribution in [1.29, 1.82) is 0 Å². The van der Waals surface area contributed by atoms with Crippen molar-refractivity contribution in [1.82, 2.24) is 9.81 Å². The van der Waals surface area contributed by atoms with Gasteiger partial charge in [-0.05, 0) is 34.9 Å². The van der Waals surface area contributed by atoms with Crippen molar-refractivity contribution in [2.45, 2.75) is 31.3 Å². The highest BCUT2D eigenvalue weighted by atomic mass is 35.5. The number of aromatic hydroxyl groups is 1. The Balaban J connectivity index is 1.84. The molecule has 0 aromatic heterocycles. The van der Waals surface area contributed by atoms with Gasteiger partial charge in [0.25, 0.3) is 5.12 Å². The van der Waals surface area contributed by atoms with Gasteiger partial charge < -0.3 is 9.94 Å². The quantitative estimate of drug-likeness (QED) is 0.450. The summed E-state index contributed by atoms with van der Waals surface area (Å²) in [7, 11) is 0. The first kappa shape index (κ1) is 17.8. The van der Waals surface area contributed by atoms with Crippen molar-refractivity contribution in [2.24, 2.45) is 10.3 Å². The minimum atomic E-state index is -1.31. The van der Waals surface area contributed by atoms with Crippen LogP contribution in [0.2, 0.25) is 0 Å². The first-order chi connectivity index (χ1) is 11.9. The number of hydrazine groups is 1. The molecule has 2 aromatic carbocycles. The molecule has 1 unspecified atom stereocenters. The largest absolute Gasteiger partial charge is 0.508 e. The minimum Gasteiger partial charge on any atom is -0.508 e. The number of phenols is 1. The van der Waals surface area contributed by atoms with Gasteiger partial charge in [0, 0.05) is 17.2 Å². The van der Waals surface area contributed by atoms with Crippen LogP contribution in [0.1, 0.15) is 30.9 Å². The van der Waals surface area contributed by atoms with Crippen molar-refractivity contribution >= 4 is 23.4 Å². The Bertz CT molecular complexity index is 772. The zero-order chi connectivity index (χ0) is 18.0. The van der Waals surface area contributed by atoms with Gasteiger partial charge >= 0.3 is 0 Å². The van der Waals surface area contributed by atoms with Crippen molar-refractivity contribution in [2.75, 3.05) is 0 Å². The summed E-state index contributed by atoms with van der Waals surface area (Å²) in [4.78, 5) is 5.82. The summed E-state index contributed by atoms with van der Waals surface area (Å²) in [5, 5.41) is 17.6. The third kappa shape index (κ3) is 3.81. The van der Waals surface area contributed by atoms with Gasteiger partial charge in [-0.3, -0.25) is 0 Å². The lowest BCUT2D eigenvalue weighted by atomic mass is 10.0. The second kappa shape index (κ2) is 7.07. The minimum absolute atomic E-state index is 0.133. The van der Waals surface area contributed by atoms with Gasteiger partial charge in [0.05, 0.1) is 11.8 Å². The number of benzene rings is 2. The first-order valence-corrected chi connectivity index (χ1v) is 8.53. The van der Waals surface area contributed by atoms with Gasteiger partial charge in [-0.25, -0.2) is 0 Å². The van der Waals surface area contributed by atoms with Crippen LogP contribution in [0, 0.1) is 0 Å². The van der Waals surface area contributed by atoms with Gasteiger partial charge in [0.15, 0.2) is 5.75 Å². The van der Waals surface area contributed by atoms with E-state index in [1.54, 1.807) is 18.2 Å². The summed E-state index contributed by atoms with van der Waals surface area (Å²) in [6, 6.07) is 14.6. The lowest BCUT2D eigenvalue weighted by Gasteiger charge is -2.29. The molecule has 6 nitrogen and oxygen atoms in total. The molecule has 8 heteroatoms. The molecule has 3 rings (SSSR count). The van der Waals surface area contributed by atoms with Crippen LogP contribution in [-0.2, 0) is 6.42 Å². The number of halogens is 2. The fraction of sp³-hybridized carbons (Fsp3) is 0.294. The lowest BCUT2D eigenvalue weighted by molar-refractivity contribution is -0.195. The molecule has 1 N–H and O–H groups in total. The fourth-order valence-electron chi connectivity index (χ4n) is 2.52. The second-order valence-electron chi connectivity index (χ2n) is 6.05. The van der Waals surface area contributed by atoms with E-state index in [1.165, 1.54) is 5.17 Å². The summed E-state index contributed by atoms with van der Waals surface area (Å²) in [5.74, 6) is 0.813. The van der Waals surface area contributed by atoms with Crippen LogP contribution in [0.15, 0.2) is 58.9 Å². The third-order valence-electron chi connectivity index (χ3n) is 3.80. The fourth-order valence-corrected chi connectivity index (χ4v) is 3.04. The highest BCUT2D eigenvalue weighted by Gasteiger charge is 2.46. The molecule has 0 spiro atoms. The zero-order valence-electron chi connectivity index (χ0n) is 13.8. The molecule has 0 bridgehead atoms. The van der Waals surface area contributed by atoms with Crippen molar-refractivity contribution in [3.05, 3.63) is 59.7 Å². The van der Waals surface area contributed by atoms with Crippen LogP contribution in [0.3, 0.4) is 0 Å². The topological polar surface area (TPSA) is 60.7 Å². The Kier molecular flexibility index (Phi) is 5.03. The molecule has 2 aromatic rings. The van der Waals surface area contributed by atoms with Crippen LogP contribution in [0.5, 0.6) is 11.5 Å². The average Bonchev–Trinajstić information content (AvgIpc) is 2.85. The molecular weight excluding hydrogens is 363 g/mol. The van der Waals surface area contributed by atoms with E-state index in [9.17, 15) is 5.11 Å². The van der Waals surface area contributed by atoms with E-state index in [2.05, 4.69) is 10.3 Å². The van der Waals surface area contributed by atoms with Gasteiger partial charge in [-0.2, -0.15) is 0 Å². The summed E-state index contributed by atoms with van der Waals surface area (Å²) in [6.07, 6.45) is 0.344. The Hall–Kier alpha value is -2.02. The molecule has 132 valence electrons. The maximum absolute atomic E-state index is 9.95. The van der Waals surface area contributed by atoms with E-state index in [1.807, 2.05) is 44.2 Å². The van der Waals surface area contributed by atoms with Crippen LogP contribution >= 0.6 is 23.4 Å². The van der Waals surface area contributed by atoms with Crippen molar-refractivity contribution in [3.63, 3.8) is 0 Å². The highest BCUT2D eigenvalue weighted by Crippen LogP contribution is 2.38. The van der Waals surface area contributed by atoms with Gasteiger partial charge in [0.1, 0.15) is 5.75 Å². The molecule has 1 aliphatic heterocycles. The zero-order valence-corrected chi connectivity index (χ0v) is 15.3. The molecule has 0 aliphatic carbocycles. The van der Waals surface area contributed by atoms with Crippen molar-refractivity contribution < 1.29 is 9.94 Å². The standard InChI is InChI=1S/C17H18Cl2N4O2/c1-12(2)15-10-14(8-9-16(15)24)25-22-17(18,20-21-23(22)19)11-13-6-4-3-5-7-13/h3-10,12,24H,11H2,1-2H3. The number of rotatable bonds is 5. The summed E-state index contributed by atoms with van der Waals surface area (Å²) in [5.41, 5.74) is 1.72. The summed E-state index contributed by atoms with van der Waals surface area (Å²) >= 11 is 12.7. The number of hydrogen-bond donors (Lipinski definition) is 1. The third-order valence-corrected chi connectivity index (χ3v) is 4.36. The maximum Gasteiger partial charge on any atom is 0.269 e. The average molecular weight is 381 g/mol. The second-order valence-corrected chi connectivity index (χ2v) is 6.96. The number of nitrogens with zero attached hydrogens (tertiary/aromatic N) is 4. The number of alkyl halides is 1. The predicted octanol–water partition coefficient (Wildman–Crippen LogP) is 5.00. The van der Waals surface area contributed by atoms with Crippen LogP contribution in [0.25, 0.3) is 0 Å². The Morgan fingerprint density at radius 3 is 2.60 bits per heavy atom. The molecule has 25 heavy (non-hydrogen) atoms. The first-order valence-electron chi connectivity index (χ1n) is 7.81.